The van der Waals surface area contributed by atoms with Gasteiger partial charge in [0.05, 0.1) is 97.1 Å². The van der Waals surface area contributed by atoms with E-state index in [0.717, 1.165) is 29.5 Å². The number of nitrogens with two attached hydrogens (primary N) is 2. The molecule has 0 unspecified atom stereocenters. The quantitative estimate of drug-likeness (QED) is 0.0698. The van der Waals surface area contributed by atoms with Crippen molar-refractivity contribution in [3.63, 3.8) is 0 Å². The molecule has 1 saturated heterocycles. The second kappa shape index (κ2) is 26.7. The monoisotopic (exact) mass is 855 g/mol. The lowest BCUT2D eigenvalue weighted by atomic mass is 9.98. The molecule has 0 radical (unpaired) electrons. The molecule has 0 aliphatic carbocycles. The lowest BCUT2D eigenvalue weighted by Gasteiger charge is -2.32. The van der Waals surface area contributed by atoms with Gasteiger partial charge in [-0.25, -0.2) is 14.6 Å². The van der Waals surface area contributed by atoms with Gasteiger partial charge in [0.25, 0.3) is 5.91 Å². The van der Waals surface area contributed by atoms with E-state index in [9.17, 15) is 14.4 Å². The number of likely N-dealkylation sites (N-methyl/N-ethyl adjacent to an activating group) is 2. The SMILES string of the molecule is Cc1c(CC(=O)N(C)C)ccc(NC(=O)c2nn([C@@H]3CCCN(C(=O)/C=C/CN(C)CCOCCOCCOCCOCCOCCOCCN)C3)c3ncnc(N)c23)c1C. The van der Waals surface area contributed by atoms with Gasteiger partial charge in [0.1, 0.15) is 12.1 Å². The van der Waals surface area contributed by atoms with Crippen molar-refractivity contribution < 1.29 is 42.8 Å². The number of aromatic nitrogens is 4. The summed E-state index contributed by atoms with van der Waals surface area (Å²) >= 11 is 0. The molecule has 4 rings (SSSR count). The predicted molar refractivity (Wildman–Crippen MR) is 231 cm³/mol. The highest BCUT2D eigenvalue weighted by Gasteiger charge is 2.30. The fraction of sp³-hybridized carbons (Fsp3) is 0.619. The second-order valence-corrected chi connectivity index (χ2v) is 14.9. The maximum atomic E-state index is 13.8. The number of hydrogen-bond acceptors (Lipinski definition) is 15. The number of carbonyl (C=O) groups is 3. The third-order valence-corrected chi connectivity index (χ3v) is 10.2. The van der Waals surface area contributed by atoms with Crippen LogP contribution in [0.4, 0.5) is 11.5 Å². The van der Waals surface area contributed by atoms with Crippen molar-refractivity contribution in [2.24, 2.45) is 5.73 Å². The van der Waals surface area contributed by atoms with Gasteiger partial charge in [-0.2, -0.15) is 5.10 Å². The van der Waals surface area contributed by atoms with E-state index in [1.54, 1.807) is 40.7 Å². The summed E-state index contributed by atoms with van der Waals surface area (Å²) in [7, 11) is 5.41. The molecule has 0 spiro atoms. The molecule has 1 aromatic carbocycles. The van der Waals surface area contributed by atoms with Crippen LogP contribution in [0.3, 0.4) is 0 Å². The van der Waals surface area contributed by atoms with E-state index in [2.05, 4.69) is 20.2 Å². The second-order valence-electron chi connectivity index (χ2n) is 14.9. The van der Waals surface area contributed by atoms with Crippen molar-refractivity contribution in [3.05, 3.63) is 53.0 Å². The molecule has 1 aliphatic rings. The molecule has 3 aromatic rings. The zero-order valence-corrected chi connectivity index (χ0v) is 36.6. The van der Waals surface area contributed by atoms with Gasteiger partial charge in [-0.05, 0) is 56.5 Å². The number of anilines is 2. The molecule has 3 heterocycles. The van der Waals surface area contributed by atoms with Gasteiger partial charge < -0.3 is 59.9 Å². The molecule has 0 bridgehead atoms. The first-order valence-electron chi connectivity index (χ1n) is 20.9. The number of benzene rings is 1. The molecule has 2 aromatic heterocycles. The van der Waals surface area contributed by atoms with Crippen LogP contribution in [0.1, 0.15) is 46.1 Å². The van der Waals surface area contributed by atoms with Crippen LogP contribution in [0.5, 0.6) is 0 Å². The first-order valence-corrected chi connectivity index (χ1v) is 20.9. The Morgan fingerprint density at radius 3 is 2.07 bits per heavy atom. The number of ether oxygens (including phenoxy) is 6. The standard InChI is InChI=1S/C42H66N10O9/c1-31-32(2)35(11-10-33(31)28-37(54)49(3)4)47-42(55)39-38-40(44)45-30-46-41(38)52(48-39)34-8-6-14-51(29-34)36(53)9-7-13-50(5)15-17-57-19-21-59-23-25-61-27-26-60-24-22-58-20-18-56-16-12-43/h7,9-11,30,34H,6,8,12-29,43H2,1-5H3,(H,47,55)(H2,44,45,46)/b9-7+/t34-/m1/s1. The molecule has 19 heteroatoms. The van der Waals surface area contributed by atoms with E-state index in [-0.39, 0.29) is 35.8 Å². The Balaban J connectivity index is 1.15. The highest BCUT2D eigenvalue weighted by atomic mass is 16.6. The van der Waals surface area contributed by atoms with Gasteiger partial charge in [0, 0.05) is 58.6 Å². The van der Waals surface area contributed by atoms with Crippen LogP contribution < -0.4 is 16.8 Å². The molecular formula is C42H66N10O9. The number of rotatable bonds is 28. The minimum Gasteiger partial charge on any atom is -0.383 e. The molecular weight excluding hydrogens is 789 g/mol. The van der Waals surface area contributed by atoms with Crippen LogP contribution >= 0.6 is 0 Å². The van der Waals surface area contributed by atoms with E-state index in [1.165, 1.54) is 6.33 Å². The van der Waals surface area contributed by atoms with Gasteiger partial charge in [-0.3, -0.25) is 14.4 Å². The number of hydrogen-bond donors (Lipinski definition) is 3. The molecule has 19 nitrogen and oxygen atoms in total. The number of amides is 3. The summed E-state index contributed by atoms with van der Waals surface area (Å²) in [4.78, 5) is 53.5. The Morgan fingerprint density at radius 2 is 1.46 bits per heavy atom. The maximum absolute atomic E-state index is 13.8. The molecule has 61 heavy (non-hydrogen) atoms. The van der Waals surface area contributed by atoms with Crippen molar-refractivity contribution in [2.75, 3.05) is 144 Å². The van der Waals surface area contributed by atoms with Crippen LogP contribution in [0, 0.1) is 13.8 Å². The van der Waals surface area contributed by atoms with E-state index in [1.807, 2.05) is 33.0 Å². The van der Waals surface area contributed by atoms with E-state index < -0.39 is 5.91 Å². The third kappa shape index (κ3) is 16.0. The van der Waals surface area contributed by atoms with Gasteiger partial charge in [0.15, 0.2) is 11.3 Å². The summed E-state index contributed by atoms with van der Waals surface area (Å²) in [6.07, 6.45) is 6.56. The van der Waals surface area contributed by atoms with Crippen molar-refractivity contribution in [2.45, 2.75) is 39.2 Å². The summed E-state index contributed by atoms with van der Waals surface area (Å²) in [5, 5.41) is 8.07. The summed E-state index contributed by atoms with van der Waals surface area (Å²) in [5.74, 6) is -0.426. The Morgan fingerprint density at radius 1 is 0.852 bits per heavy atom. The average Bonchev–Trinajstić information content (AvgIpc) is 3.65. The number of fused-ring (bicyclic) bond motifs is 1. The van der Waals surface area contributed by atoms with Crippen LogP contribution in [0.2, 0.25) is 0 Å². The Bertz CT molecular complexity index is 1860. The smallest absolute Gasteiger partial charge is 0.277 e. The van der Waals surface area contributed by atoms with Gasteiger partial charge in [-0.1, -0.05) is 12.1 Å². The first kappa shape index (κ1) is 49.1. The number of piperidine rings is 1. The molecule has 1 aliphatic heterocycles. The lowest BCUT2D eigenvalue weighted by molar-refractivity contribution is -0.128. The van der Waals surface area contributed by atoms with Crippen LogP contribution in [-0.4, -0.2) is 185 Å². The lowest BCUT2D eigenvalue weighted by Crippen LogP contribution is -2.40. The number of carbonyl (C=O) groups excluding carboxylic acids is 3. The summed E-state index contributed by atoms with van der Waals surface area (Å²) in [5.41, 5.74) is 15.4. The first-order chi connectivity index (χ1) is 29.5. The topological polar surface area (TPSA) is 224 Å². The van der Waals surface area contributed by atoms with E-state index >= 15 is 0 Å². The molecule has 3 amide bonds. The summed E-state index contributed by atoms with van der Waals surface area (Å²) < 4.78 is 34.6. The minimum absolute atomic E-state index is 0.00744. The number of likely N-dealkylation sites (tertiary alicyclic amines) is 1. The van der Waals surface area contributed by atoms with Gasteiger partial charge in [0.2, 0.25) is 11.8 Å². The van der Waals surface area contributed by atoms with Crippen molar-refractivity contribution in [1.82, 2.24) is 34.4 Å². The predicted octanol–water partition coefficient (Wildman–Crippen LogP) is 1.62. The maximum Gasteiger partial charge on any atom is 0.277 e. The Kier molecular flexibility index (Phi) is 21.5. The van der Waals surface area contributed by atoms with E-state index in [4.69, 9.17) is 45.0 Å². The third-order valence-electron chi connectivity index (χ3n) is 10.2. The number of nitrogens with one attached hydrogen (secondary N) is 1. The molecule has 338 valence electrons. The summed E-state index contributed by atoms with van der Waals surface area (Å²) in [6.45, 7) is 12.6. The molecule has 5 N–H and O–H groups in total. The van der Waals surface area contributed by atoms with Crippen LogP contribution in [0.25, 0.3) is 11.0 Å². The van der Waals surface area contributed by atoms with E-state index in [0.29, 0.717) is 129 Å². The zero-order chi connectivity index (χ0) is 44.0. The Labute approximate surface area is 359 Å². The number of nitrogens with zero attached hydrogens (tertiary/aromatic N) is 7. The van der Waals surface area contributed by atoms with Crippen molar-refractivity contribution in [3.8, 4) is 0 Å². The molecule has 1 atom stereocenters. The van der Waals surface area contributed by atoms with Crippen LogP contribution in [-0.2, 0) is 44.4 Å². The fourth-order valence-corrected chi connectivity index (χ4v) is 6.51. The highest BCUT2D eigenvalue weighted by molar-refractivity contribution is 6.13. The average molecular weight is 855 g/mol. The molecule has 1 fully saturated rings. The highest BCUT2D eigenvalue weighted by Crippen LogP contribution is 2.30. The summed E-state index contributed by atoms with van der Waals surface area (Å²) in [6, 6.07) is 3.42. The van der Waals surface area contributed by atoms with Gasteiger partial charge in [-0.15, -0.1) is 0 Å². The normalized spacial score (nSPS) is 14.4. The van der Waals surface area contributed by atoms with Crippen LogP contribution in [0.15, 0.2) is 30.6 Å². The zero-order valence-electron chi connectivity index (χ0n) is 36.6. The fourth-order valence-electron chi connectivity index (χ4n) is 6.51. The number of nitrogen functional groups attached to an aromatic ring is 1. The largest absolute Gasteiger partial charge is 0.383 e. The van der Waals surface area contributed by atoms with Gasteiger partial charge >= 0.3 is 0 Å². The Hall–Kier alpha value is -4.60. The molecule has 0 saturated carbocycles. The van der Waals surface area contributed by atoms with Crippen molar-refractivity contribution in [1.29, 1.82) is 0 Å². The van der Waals surface area contributed by atoms with Crippen molar-refractivity contribution >= 4 is 40.3 Å². The minimum atomic E-state index is -0.460.